The first kappa shape index (κ1) is 50.8. The van der Waals surface area contributed by atoms with Crippen molar-refractivity contribution in [3.8, 4) is 0 Å². The summed E-state index contributed by atoms with van der Waals surface area (Å²) in [6.45, 7) is 14.1. The van der Waals surface area contributed by atoms with E-state index in [2.05, 4.69) is 125 Å². The van der Waals surface area contributed by atoms with E-state index in [9.17, 15) is 0 Å². The number of anilines is 4. The van der Waals surface area contributed by atoms with Gasteiger partial charge in [0.05, 0.1) is 52.9 Å². The molecule has 4 aliphatic rings. The first-order chi connectivity index (χ1) is 32.9. The molecule has 0 N–H and O–H groups in total. The largest absolute Gasteiger partial charge is 0.378 e. The molecule has 4 saturated heterocycles. The van der Waals surface area contributed by atoms with Gasteiger partial charge >= 0.3 is 0 Å². The predicted molar refractivity (Wildman–Crippen MR) is 288 cm³/mol. The maximum Gasteiger partial charge on any atom is 0.226 e. The van der Waals surface area contributed by atoms with Crippen molar-refractivity contribution in [2.75, 3.05) is 125 Å². The van der Waals surface area contributed by atoms with Crippen molar-refractivity contribution in [2.45, 2.75) is 6.92 Å². The van der Waals surface area contributed by atoms with Crippen LogP contribution in [0.3, 0.4) is 0 Å². The van der Waals surface area contributed by atoms with Crippen molar-refractivity contribution in [1.82, 2.24) is 59.8 Å². The van der Waals surface area contributed by atoms with Crippen molar-refractivity contribution in [3.05, 3.63) is 36.6 Å². The van der Waals surface area contributed by atoms with Crippen LogP contribution in [0.2, 0.25) is 24.8 Å². The lowest BCUT2D eigenvalue weighted by Gasteiger charge is -2.28. The molecule has 360 valence electrons. The molecule has 20 nitrogen and oxygen atoms in total. The fourth-order valence-corrected chi connectivity index (χ4v) is 12.9. The van der Waals surface area contributed by atoms with Crippen molar-refractivity contribution in [1.29, 1.82) is 0 Å². The highest BCUT2D eigenvalue weighted by Crippen LogP contribution is 2.35. The van der Waals surface area contributed by atoms with Crippen LogP contribution in [0.1, 0.15) is 5.82 Å². The zero-order valence-corrected chi connectivity index (χ0v) is 46.7. The summed E-state index contributed by atoms with van der Waals surface area (Å²) in [5.74, 6) is 4.15. The minimum Gasteiger partial charge on any atom is -0.378 e. The van der Waals surface area contributed by atoms with Crippen molar-refractivity contribution >= 4 is 213 Å². The van der Waals surface area contributed by atoms with Gasteiger partial charge in [-0.2, -0.15) is 19.9 Å². The summed E-state index contributed by atoms with van der Waals surface area (Å²) < 4.78 is 26.1. The first-order valence-corrected chi connectivity index (χ1v) is 27.9. The first-order valence-electron chi connectivity index (χ1n) is 20.6. The number of hydrogen-bond donors (Lipinski definition) is 0. The Morgan fingerprint density at radius 3 is 1.34 bits per heavy atom. The summed E-state index contributed by atoms with van der Waals surface area (Å²) in [4.78, 5) is 61.6. The van der Waals surface area contributed by atoms with Gasteiger partial charge in [-0.15, -0.1) is 11.3 Å². The second-order valence-corrected chi connectivity index (χ2v) is 24.1. The molecule has 8 aromatic heterocycles. The van der Waals surface area contributed by atoms with E-state index in [1.54, 1.807) is 11.3 Å². The molecule has 0 unspecified atom stereocenters. The van der Waals surface area contributed by atoms with Crippen molar-refractivity contribution in [2.24, 2.45) is 0 Å². The van der Waals surface area contributed by atoms with Crippen LogP contribution in [0.15, 0.2) is 0 Å². The van der Waals surface area contributed by atoms with Gasteiger partial charge in [-0.05, 0) is 86.9 Å². The monoisotopic (exact) mass is 1320 g/mol. The molecular weight excluding hydrogens is 1290 g/mol. The Morgan fingerprint density at radius 1 is 0.397 bits per heavy atom. The average molecular weight is 1330 g/mol. The topological polar surface area (TPSA) is 205 Å². The maximum absolute atomic E-state index is 5.95. The van der Waals surface area contributed by atoms with Gasteiger partial charge in [0.25, 0.3) is 0 Å². The quantitative estimate of drug-likeness (QED) is 0.120. The predicted octanol–water partition coefficient (Wildman–Crippen LogP) is 8.48. The minimum absolute atomic E-state index is 0.195. The number of rotatable bonds is 4. The fraction of sp³-hybridized carbons (Fsp3) is 0.459. The van der Waals surface area contributed by atoms with Crippen molar-refractivity contribution in [3.63, 3.8) is 0 Å². The van der Waals surface area contributed by atoms with Gasteiger partial charge in [0.1, 0.15) is 26.3 Å². The Hall–Kier alpha value is -2.17. The van der Waals surface area contributed by atoms with Crippen LogP contribution < -0.4 is 19.6 Å². The Kier molecular flexibility index (Phi) is 17.6. The van der Waals surface area contributed by atoms with Crippen LogP contribution in [0.5, 0.6) is 0 Å². The van der Waals surface area contributed by atoms with Crippen LogP contribution in [-0.2, 0) is 18.9 Å². The van der Waals surface area contributed by atoms with Gasteiger partial charge in [-0.3, -0.25) is 0 Å². The number of aryl methyl sites for hydroxylation is 1. The average Bonchev–Trinajstić information content (AvgIpc) is 4.12. The van der Waals surface area contributed by atoms with Crippen molar-refractivity contribution < 1.29 is 18.9 Å². The molecule has 0 atom stereocenters. The van der Waals surface area contributed by atoms with Gasteiger partial charge in [0.15, 0.2) is 59.2 Å². The van der Waals surface area contributed by atoms with Crippen LogP contribution in [0.25, 0.3) is 41.4 Å². The van der Waals surface area contributed by atoms with E-state index >= 15 is 0 Å². The number of nitrogens with zero attached hydrogens (tertiary/aromatic N) is 16. The molecule has 31 heteroatoms. The van der Waals surface area contributed by atoms with E-state index < -0.39 is 0 Å². The molecule has 4 aliphatic heterocycles. The summed E-state index contributed by atoms with van der Waals surface area (Å²) >= 11 is 39.8. The standard InChI is InChI=1S/C10H11IN4OS.2C9H8Cl2N4OS.C9H8ClIN4OS/c1-6-12-8-7(17-10(11)14-8)9(13-6)15-2-4-16-5-3-15;10-8-12-6-5(17-9(11)13-6)7(14-8)15-1-3-16-4-2-15;2*10-8-13-6(15-1-3-16-4-2-15)5-7(14-8)17-9(11)12-5/h2-5H2,1H3;3*1-4H2. The third kappa shape index (κ3) is 12.5. The third-order valence-corrected chi connectivity index (χ3v) is 16.2. The van der Waals surface area contributed by atoms with Gasteiger partial charge in [0, 0.05) is 52.4 Å². The Bertz CT molecular complexity index is 2620. The molecule has 0 aliphatic carbocycles. The van der Waals surface area contributed by atoms with Crippen LogP contribution in [0.4, 0.5) is 23.3 Å². The SMILES string of the molecule is Cc1nc(N2CCOCC2)c2sc(I)nc2n1.Clc1nc(N2CCOCC2)c2nc(Cl)sc2n1.Clc1nc(N2CCOCC2)c2nc(I)sc2n1.Clc1nc(N2CCOCC2)c2sc(Cl)nc2n1. The summed E-state index contributed by atoms with van der Waals surface area (Å²) in [5, 5.41) is 0.694. The molecule has 4 fully saturated rings. The van der Waals surface area contributed by atoms with Crippen LogP contribution in [-0.4, -0.2) is 165 Å². The second-order valence-electron chi connectivity index (χ2n) is 14.4. The fourth-order valence-electron chi connectivity index (χ4n) is 7.13. The molecule has 0 spiro atoms. The van der Waals surface area contributed by atoms with Gasteiger partial charge in [0.2, 0.25) is 15.9 Å². The van der Waals surface area contributed by atoms with Gasteiger partial charge in [-0.25, -0.2) is 39.9 Å². The van der Waals surface area contributed by atoms with Crippen LogP contribution in [0, 0.1) is 13.0 Å². The number of thiazole rings is 4. The number of ether oxygens (including phenoxy) is 4. The highest BCUT2D eigenvalue weighted by atomic mass is 127. The summed E-state index contributed by atoms with van der Waals surface area (Å²) in [5.41, 5.74) is 2.92. The molecule has 68 heavy (non-hydrogen) atoms. The van der Waals surface area contributed by atoms with E-state index in [1.165, 1.54) is 34.0 Å². The number of halogens is 7. The molecule has 0 saturated carbocycles. The number of hydrogen-bond acceptors (Lipinski definition) is 24. The lowest BCUT2D eigenvalue weighted by molar-refractivity contribution is 0.122. The van der Waals surface area contributed by atoms with Crippen LogP contribution >= 0.6 is 149 Å². The van der Waals surface area contributed by atoms with Gasteiger partial charge < -0.3 is 38.5 Å². The molecule has 12 rings (SSSR count). The smallest absolute Gasteiger partial charge is 0.226 e. The molecule has 0 amide bonds. The maximum atomic E-state index is 5.95. The van der Waals surface area contributed by atoms with Gasteiger partial charge in [-0.1, -0.05) is 57.2 Å². The highest BCUT2D eigenvalue weighted by Gasteiger charge is 2.23. The Morgan fingerprint density at radius 2 is 0.794 bits per heavy atom. The molecule has 12 heterocycles. The lowest BCUT2D eigenvalue weighted by atomic mass is 10.4. The molecule has 0 aromatic carbocycles. The van der Waals surface area contributed by atoms with E-state index in [4.69, 9.17) is 77.0 Å². The Labute approximate surface area is 455 Å². The highest BCUT2D eigenvalue weighted by molar-refractivity contribution is 14.1. The van der Waals surface area contributed by atoms with E-state index in [1.807, 2.05) is 6.92 Å². The molecule has 8 aromatic rings. The number of fused-ring (bicyclic) bond motifs is 4. The summed E-state index contributed by atoms with van der Waals surface area (Å²) in [7, 11) is 0. The minimum atomic E-state index is 0.195. The third-order valence-electron chi connectivity index (χ3n) is 10.1. The number of morpholine rings is 4. The summed E-state index contributed by atoms with van der Waals surface area (Å²) in [6, 6.07) is 0. The second kappa shape index (κ2) is 23.6. The normalized spacial score (nSPS) is 16.7. The van der Waals surface area contributed by atoms with E-state index in [0.29, 0.717) is 59.7 Å². The zero-order chi connectivity index (χ0) is 47.3. The Balaban J connectivity index is 0.000000113. The van der Waals surface area contributed by atoms with E-state index in [-0.39, 0.29) is 15.9 Å². The zero-order valence-electron chi connectivity index (χ0n) is 35.4. The molecule has 0 radical (unpaired) electrons. The lowest BCUT2D eigenvalue weighted by Crippen LogP contribution is -2.37. The molecular formula is C37H35Cl5I2N16O4S4. The molecule has 0 bridgehead atoms. The number of aromatic nitrogens is 12. The summed E-state index contributed by atoms with van der Waals surface area (Å²) in [6.07, 6.45) is 0. The van der Waals surface area contributed by atoms with E-state index in [0.717, 1.165) is 131 Å².